The van der Waals surface area contributed by atoms with Gasteiger partial charge < -0.3 is 15.5 Å². The largest absolute Gasteiger partial charge is 0.357 e. The third kappa shape index (κ3) is 7.32. The molecule has 0 saturated carbocycles. The number of nitrogens with one attached hydrogen (secondary N) is 2. The van der Waals surface area contributed by atoms with Crippen LogP contribution in [0.1, 0.15) is 54.2 Å². The van der Waals surface area contributed by atoms with Crippen LogP contribution in [0, 0.1) is 5.92 Å². The normalized spacial score (nSPS) is 16.3. The van der Waals surface area contributed by atoms with Crippen molar-refractivity contribution in [2.24, 2.45) is 10.9 Å². The maximum Gasteiger partial charge on any atom is 0.253 e. The second-order valence-corrected chi connectivity index (χ2v) is 9.12. The van der Waals surface area contributed by atoms with E-state index in [9.17, 15) is 4.79 Å². The maximum absolute atomic E-state index is 12.1. The number of guanidine groups is 1. The highest BCUT2D eigenvalue weighted by atomic mass is 16.2. The van der Waals surface area contributed by atoms with Crippen molar-refractivity contribution in [3.8, 4) is 0 Å². The Morgan fingerprint density at radius 1 is 1.06 bits per heavy atom. The van der Waals surface area contributed by atoms with Gasteiger partial charge in [0.25, 0.3) is 5.91 Å². The van der Waals surface area contributed by atoms with E-state index < -0.39 is 0 Å². The second-order valence-electron chi connectivity index (χ2n) is 9.12. The maximum atomic E-state index is 12.1. The van der Waals surface area contributed by atoms with Crippen molar-refractivity contribution >= 4 is 11.9 Å². The Bertz CT molecular complexity index is 886. The predicted molar refractivity (Wildman–Crippen MR) is 136 cm³/mol. The summed E-state index contributed by atoms with van der Waals surface area (Å²) in [6.45, 7) is 8.87. The average Bonchev–Trinajstić information content (AvgIpc) is 2.84. The number of nitrogens with zero attached hydrogens (tertiary/aromatic N) is 3. The van der Waals surface area contributed by atoms with E-state index in [0.29, 0.717) is 18.2 Å². The van der Waals surface area contributed by atoms with Crippen LogP contribution in [-0.4, -0.2) is 61.9 Å². The Kier molecular flexibility index (Phi) is 9.31. The third-order valence-electron chi connectivity index (χ3n) is 6.28. The van der Waals surface area contributed by atoms with Gasteiger partial charge in [0, 0.05) is 32.7 Å². The summed E-state index contributed by atoms with van der Waals surface area (Å²) >= 11 is 0. The van der Waals surface area contributed by atoms with Crippen molar-refractivity contribution < 1.29 is 4.79 Å². The molecule has 1 saturated heterocycles. The number of benzene rings is 2. The van der Waals surface area contributed by atoms with E-state index in [1.807, 2.05) is 24.3 Å². The number of aliphatic imine (C=N–C) groups is 1. The van der Waals surface area contributed by atoms with Crippen molar-refractivity contribution in [2.75, 3.05) is 40.3 Å². The Hall–Kier alpha value is -2.86. The van der Waals surface area contributed by atoms with Crippen molar-refractivity contribution in [3.05, 3.63) is 71.3 Å². The SMILES string of the molecule is CCNC(=NCc1ccc(C(=O)N(C)C)cc1)NCC(c1ccccc1)N1CCC(C)CC1. The minimum atomic E-state index is 0.0131. The van der Waals surface area contributed by atoms with Crippen LogP contribution in [0.25, 0.3) is 0 Å². The zero-order chi connectivity index (χ0) is 23.6. The van der Waals surface area contributed by atoms with Crippen LogP contribution >= 0.6 is 0 Å². The Morgan fingerprint density at radius 3 is 2.33 bits per heavy atom. The summed E-state index contributed by atoms with van der Waals surface area (Å²) in [7, 11) is 3.53. The molecule has 1 unspecified atom stereocenters. The highest BCUT2D eigenvalue weighted by Gasteiger charge is 2.24. The molecule has 1 fully saturated rings. The number of amides is 1. The molecule has 3 rings (SSSR count). The van der Waals surface area contributed by atoms with Gasteiger partial charge in [0.1, 0.15) is 0 Å². The molecule has 0 radical (unpaired) electrons. The lowest BCUT2D eigenvalue weighted by molar-refractivity contribution is 0.0827. The number of carbonyl (C=O) groups excluding carboxylic acids is 1. The van der Waals surface area contributed by atoms with Crippen LogP contribution in [0.15, 0.2) is 59.6 Å². The fourth-order valence-electron chi connectivity index (χ4n) is 4.19. The third-order valence-corrected chi connectivity index (χ3v) is 6.28. The summed E-state index contributed by atoms with van der Waals surface area (Å²) in [5, 5.41) is 6.95. The molecule has 6 nitrogen and oxygen atoms in total. The first-order valence-corrected chi connectivity index (χ1v) is 12.1. The molecule has 6 heteroatoms. The second kappa shape index (κ2) is 12.4. The molecule has 1 amide bonds. The van der Waals surface area contributed by atoms with Crippen LogP contribution in [0.3, 0.4) is 0 Å². The molecule has 1 heterocycles. The van der Waals surface area contributed by atoms with Crippen molar-refractivity contribution in [1.29, 1.82) is 0 Å². The van der Waals surface area contributed by atoms with Crippen LogP contribution < -0.4 is 10.6 Å². The fraction of sp³-hybridized carbons (Fsp3) is 0.481. The molecule has 1 aliphatic rings. The highest BCUT2D eigenvalue weighted by Crippen LogP contribution is 2.26. The van der Waals surface area contributed by atoms with Crippen molar-refractivity contribution in [3.63, 3.8) is 0 Å². The van der Waals surface area contributed by atoms with E-state index in [2.05, 4.69) is 59.7 Å². The van der Waals surface area contributed by atoms with Gasteiger partial charge in [0.05, 0.1) is 12.6 Å². The minimum Gasteiger partial charge on any atom is -0.357 e. The number of hydrogen-bond acceptors (Lipinski definition) is 3. The highest BCUT2D eigenvalue weighted by molar-refractivity contribution is 5.93. The molecular weight excluding hydrogens is 410 g/mol. The summed E-state index contributed by atoms with van der Waals surface area (Å²) in [6.07, 6.45) is 2.51. The summed E-state index contributed by atoms with van der Waals surface area (Å²) in [5.74, 6) is 1.64. The molecule has 2 aromatic carbocycles. The van der Waals surface area contributed by atoms with Crippen molar-refractivity contribution in [1.82, 2.24) is 20.4 Å². The Labute approximate surface area is 199 Å². The summed E-state index contributed by atoms with van der Waals surface area (Å²) in [4.78, 5) is 21.1. The number of hydrogen-bond donors (Lipinski definition) is 2. The lowest BCUT2D eigenvalue weighted by atomic mass is 9.95. The number of likely N-dealkylation sites (tertiary alicyclic amines) is 1. The topological polar surface area (TPSA) is 60.0 Å². The standard InChI is InChI=1S/C27H39N5O/c1-5-28-27(29-19-22-11-13-24(14-12-22)26(33)31(3)4)30-20-25(23-9-7-6-8-10-23)32-17-15-21(2)16-18-32/h6-14,21,25H,5,15-20H2,1-4H3,(H2,28,29,30). The number of piperidine rings is 1. The molecule has 0 spiro atoms. The van der Waals surface area contributed by atoms with Crippen LogP contribution in [0.2, 0.25) is 0 Å². The van der Waals surface area contributed by atoms with E-state index in [0.717, 1.165) is 43.6 Å². The van der Waals surface area contributed by atoms with Gasteiger partial charge in [-0.1, -0.05) is 49.4 Å². The van der Waals surface area contributed by atoms with E-state index in [4.69, 9.17) is 4.99 Å². The lowest BCUT2D eigenvalue weighted by Gasteiger charge is -2.37. The number of carbonyl (C=O) groups is 1. The van der Waals surface area contributed by atoms with Gasteiger partial charge in [-0.15, -0.1) is 0 Å². The van der Waals surface area contributed by atoms with E-state index in [-0.39, 0.29) is 5.91 Å². The van der Waals surface area contributed by atoms with E-state index in [1.165, 1.54) is 18.4 Å². The summed E-state index contributed by atoms with van der Waals surface area (Å²) in [5.41, 5.74) is 3.11. The van der Waals surface area contributed by atoms with Gasteiger partial charge in [-0.2, -0.15) is 0 Å². The van der Waals surface area contributed by atoms with Gasteiger partial charge in [-0.3, -0.25) is 9.69 Å². The van der Waals surface area contributed by atoms with Crippen molar-refractivity contribution in [2.45, 2.75) is 39.3 Å². The predicted octanol–water partition coefficient (Wildman–Crippen LogP) is 3.92. The Balaban J connectivity index is 1.66. The molecule has 178 valence electrons. The lowest BCUT2D eigenvalue weighted by Crippen LogP contribution is -2.45. The molecule has 1 atom stereocenters. The average molecular weight is 450 g/mol. The molecule has 0 aliphatic carbocycles. The van der Waals surface area contributed by atoms with Gasteiger partial charge in [-0.05, 0) is 62.0 Å². The zero-order valence-corrected chi connectivity index (χ0v) is 20.6. The molecule has 2 N–H and O–H groups in total. The molecule has 0 bridgehead atoms. The van der Waals surface area contributed by atoms with Gasteiger partial charge in [-0.25, -0.2) is 4.99 Å². The molecule has 33 heavy (non-hydrogen) atoms. The van der Waals surface area contributed by atoms with Gasteiger partial charge >= 0.3 is 0 Å². The van der Waals surface area contributed by atoms with Gasteiger partial charge in [0.15, 0.2) is 5.96 Å². The molecule has 0 aromatic heterocycles. The quantitative estimate of drug-likeness (QED) is 0.474. The Morgan fingerprint density at radius 2 is 1.73 bits per heavy atom. The van der Waals surface area contributed by atoms with Gasteiger partial charge in [0.2, 0.25) is 0 Å². The number of rotatable bonds is 8. The molecular formula is C27H39N5O. The summed E-state index contributed by atoms with van der Waals surface area (Å²) < 4.78 is 0. The monoisotopic (exact) mass is 449 g/mol. The first kappa shape index (κ1) is 24.8. The van der Waals surface area contributed by atoms with E-state index >= 15 is 0 Å². The summed E-state index contributed by atoms with van der Waals surface area (Å²) in [6, 6.07) is 18.8. The fourth-order valence-corrected chi connectivity index (χ4v) is 4.19. The van der Waals surface area contributed by atoms with Crippen LogP contribution in [0.4, 0.5) is 0 Å². The van der Waals surface area contributed by atoms with Crippen LogP contribution in [-0.2, 0) is 6.54 Å². The molecule has 2 aromatic rings. The zero-order valence-electron chi connectivity index (χ0n) is 20.6. The molecule has 1 aliphatic heterocycles. The van der Waals surface area contributed by atoms with E-state index in [1.54, 1.807) is 19.0 Å². The van der Waals surface area contributed by atoms with Crippen LogP contribution in [0.5, 0.6) is 0 Å². The minimum absolute atomic E-state index is 0.0131. The smallest absolute Gasteiger partial charge is 0.253 e. The first-order valence-electron chi connectivity index (χ1n) is 12.1. The first-order chi connectivity index (χ1) is 16.0.